The largest absolute Gasteiger partial charge is 0.454 e. The lowest BCUT2D eigenvalue weighted by Crippen LogP contribution is -1.93. The maximum absolute atomic E-state index is 5.91. The van der Waals surface area contributed by atoms with Gasteiger partial charge in [-0.1, -0.05) is 23.8 Å². The van der Waals surface area contributed by atoms with Gasteiger partial charge in [-0.15, -0.1) is 0 Å². The Morgan fingerprint density at radius 3 is 2.76 bits per heavy atom. The Labute approximate surface area is 113 Å². The molecular weight excluding hydrogens is 325 g/mol. The van der Waals surface area contributed by atoms with E-state index in [-0.39, 0.29) is 0 Å². The van der Waals surface area contributed by atoms with Crippen LogP contribution < -0.4 is 4.74 Å². The number of ether oxygens (including phenoxy) is 1. The minimum absolute atomic E-state index is 0.810. The van der Waals surface area contributed by atoms with Crippen molar-refractivity contribution in [3.63, 3.8) is 0 Å². The van der Waals surface area contributed by atoms with Crippen LogP contribution in [0.4, 0.5) is 5.69 Å². The molecular formula is C14H10INO. The highest BCUT2D eigenvalue weighted by atomic mass is 127. The Morgan fingerprint density at radius 1 is 1.06 bits per heavy atom. The second-order valence-corrected chi connectivity index (χ2v) is 4.99. The molecule has 2 aromatic rings. The zero-order chi connectivity index (χ0) is 11.8. The summed E-state index contributed by atoms with van der Waals surface area (Å²) >= 11 is 2.26. The van der Waals surface area contributed by atoms with Gasteiger partial charge in [0.25, 0.3) is 0 Å². The van der Waals surface area contributed by atoms with E-state index >= 15 is 0 Å². The molecule has 0 bridgehead atoms. The fourth-order valence-corrected chi connectivity index (χ4v) is 2.50. The van der Waals surface area contributed by atoms with E-state index in [2.05, 4.69) is 46.6 Å². The molecule has 0 spiro atoms. The smallest absolute Gasteiger partial charge is 0.153 e. The molecule has 0 atom stereocenters. The molecule has 1 heterocycles. The van der Waals surface area contributed by atoms with Crippen molar-refractivity contribution in [3.05, 3.63) is 53.6 Å². The number of aryl methyl sites for hydroxylation is 1. The van der Waals surface area contributed by atoms with Crippen LogP contribution in [0.25, 0.3) is 0 Å². The average Bonchev–Trinajstić information content (AvgIpc) is 2.46. The normalized spacial score (nSPS) is 12.9. The lowest BCUT2D eigenvalue weighted by atomic mass is 10.1. The van der Waals surface area contributed by atoms with Gasteiger partial charge in [-0.2, -0.15) is 0 Å². The van der Waals surface area contributed by atoms with Gasteiger partial charge < -0.3 is 4.74 Å². The molecule has 3 heteroatoms. The first kappa shape index (κ1) is 10.8. The number of hydrogen-bond acceptors (Lipinski definition) is 2. The monoisotopic (exact) mass is 335 g/mol. The Hall–Kier alpha value is -1.36. The molecule has 0 radical (unpaired) electrons. The van der Waals surface area contributed by atoms with E-state index in [1.54, 1.807) is 0 Å². The van der Waals surface area contributed by atoms with Crippen LogP contribution in [0.3, 0.4) is 0 Å². The van der Waals surface area contributed by atoms with Crippen molar-refractivity contribution in [2.45, 2.75) is 6.92 Å². The van der Waals surface area contributed by atoms with Gasteiger partial charge in [0.15, 0.2) is 5.75 Å². The lowest BCUT2D eigenvalue weighted by molar-refractivity contribution is 0.485. The van der Waals surface area contributed by atoms with E-state index in [1.807, 2.05) is 30.3 Å². The highest BCUT2D eigenvalue weighted by molar-refractivity contribution is 14.1. The third-order valence-electron chi connectivity index (χ3n) is 2.66. The quantitative estimate of drug-likeness (QED) is 0.644. The fraction of sp³-hybridized carbons (Fsp3) is 0.0714. The number of nitrogens with zero attached hydrogens (tertiary/aromatic N) is 1. The lowest BCUT2D eigenvalue weighted by Gasteiger charge is -2.08. The van der Waals surface area contributed by atoms with E-state index in [4.69, 9.17) is 4.74 Å². The highest BCUT2D eigenvalue weighted by Crippen LogP contribution is 2.38. The Balaban J connectivity index is 2.24. The summed E-state index contributed by atoms with van der Waals surface area (Å²) in [4.78, 5) is 4.60. The summed E-state index contributed by atoms with van der Waals surface area (Å²) in [5.74, 6) is 1.68. The molecule has 84 valence electrons. The summed E-state index contributed by atoms with van der Waals surface area (Å²) < 4.78 is 6.87. The van der Waals surface area contributed by atoms with Gasteiger partial charge in [0.1, 0.15) is 15.2 Å². The Kier molecular flexibility index (Phi) is 2.63. The van der Waals surface area contributed by atoms with Crippen LogP contribution in [0.1, 0.15) is 11.1 Å². The Morgan fingerprint density at radius 2 is 1.88 bits per heavy atom. The standard InChI is InChI=1S/C14H10INO/c1-9-6-7-12-10(8-9)14(15)16-11-4-2-3-5-13(11)17-12/h2-8H,1H3. The summed E-state index contributed by atoms with van der Waals surface area (Å²) in [6, 6.07) is 14.0. The molecule has 0 N–H and O–H groups in total. The van der Waals surface area contributed by atoms with E-state index in [0.717, 1.165) is 26.5 Å². The zero-order valence-corrected chi connectivity index (χ0v) is 11.4. The number of rotatable bonds is 0. The van der Waals surface area contributed by atoms with Gasteiger partial charge in [0, 0.05) is 5.56 Å². The third-order valence-corrected chi connectivity index (χ3v) is 3.48. The molecule has 2 aromatic carbocycles. The van der Waals surface area contributed by atoms with Crippen molar-refractivity contribution in [3.8, 4) is 11.5 Å². The van der Waals surface area contributed by atoms with Crippen LogP contribution in [0, 0.1) is 6.92 Å². The van der Waals surface area contributed by atoms with Gasteiger partial charge >= 0.3 is 0 Å². The summed E-state index contributed by atoms with van der Waals surface area (Å²) in [5, 5.41) is 0. The van der Waals surface area contributed by atoms with Crippen molar-refractivity contribution < 1.29 is 4.74 Å². The molecule has 0 saturated heterocycles. The molecule has 0 fully saturated rings. The van der Waals surface area contributed by atoms with Gasteiger partial charge in [0.2, 0.25) is 0 Å². The molecule has 0 aliphatic carbocycles. The SMILES string of the molecule is Cc1ccc2c(c1)C(I)=Nc1ccccc1O2. The zero-order valence-electron chi connectivity index (χ0n) is 9.27. The van der Waals surface area contributed by atoms with Crippen molar-refractivity contribution in [1.29, 1.82) is 0 Å². The molecule has 0 saturated carbocycles. The van der Waals surface area contributed by atoms with Crippen LogP contribution in [0.15, 0.2) is 47.5 Å². The molecule has 17 heavy (non-hydrogen) atoms. The van der Waals surface area contributed by atoms with Crippen molar-refractivity contribution in [1.82, 2.24) is 0 Å². The molecule has 0 unspecified atom stereocenters. The van der Waals surface area contributed by atoms with Gasteiger partial charge in [-0.25, -0.2) is 4.99 Å². The number of para-hydroxylation sites is 2. The molecule has 1 aliphatic rings. The number of benzene rings is 2. The first-order chi connectivity index (χ1) is 8.24. The number of hydrogen-bond donors (Lipinski definition) is 0. The minimum atomic E-state index is 0.810. The van der Waals surface area contributed by atoms with Gasteiger partial charge in [-0.05, 0) is 53.8 Å². The van der Waals surface area contributed by atoms with Gasteiger partial charge in [-0.3, -0.25) is 0 Å². The first-order valence-corrected chi connectivity index (χ1v) is 6.44. The van der Waals surface area contributed by atoms with Crippen LogP contribution in [0.5, 0.6) is 11.5 Å². The Bertz CT molecular complexity index is 619. The average molecular weight is 335 g/mol. The second kappa shape index (κ2) is 4.14. The second-order valence-electron chi connectivity index (χ2n) is 3.97. The van der Waals surface area contributed by atoms with Crippen LogP contribution in [-0.4, -0.2) is 3.72 Å². The van der Waals surface area contributed by atoms with E-state index < -0.39 is 0 Å². The molecule has 1 aliphatic heterocycles. The van der Waals surface area contributed by atoms with Crippen molar-refractivity contribution >= 4 is 32.0 Å². The minimum Gasteiger partial charge on any atom is -0.454 e. The summed E-state index contributed by atoms with van der Waals surface area (Å²) in [6.45, 7) is 2.07. The first-order valence-electron chi connectivity index (χ1n) is 5.36. The maximum atomic E-state index is 5.91. The highest BCUT2D eigenvalue weighted by Gasteiger charge is 2.15. The van der Waals surface area contributed by atoms with Crippen LogP contribution in [-0.2, 0) is 0 Å². The van der Waals surface area contributed by atoms with E-state index in [9.17, 15) is 0 Å². The molecule has 0 amide bonds. The summed E-state index contributed by atoms with van der Waals surface area (Å²) in [5.41, 5.74) is 3.15. The third kappa shape index (κ3) is 1.95. The van der Waals surface area contributed by atoms with Crippen molar-refractivity contribution in [2.75, 3.05) is 0 Å². The van der Waals surface area contributed by atoms with Gasteiger partial charge in [0.05, 0.1) is 0 Å². The number of halogens is 1. The predicted octanol–water partition coefficient (Wildman–Crippen LogP) is 4.61. The molecule has 2 nitrogen and oxygen atoms in total. The topological polar surface area (TPSA) is 21.6 Å². The number of fused-ring (bicyclic) bond motifs is 2. The van der Waals surface area contributed by atoms with E-state index in [0.29, 0.717) is 0 Å². The molecule has 3 rings (SSSR count). The van der Waals surface area contributed by atoms with E-state index in [1.165, 1.54) is 5.56 Å². The fourth-order valence-electron chi connectivity index (χ4n) is 1.81. The van der Waals surface area contributed by atoms with Crippen molar-refractivity contribution in [2.24, 2.45) is 4.99 Å². The summed E-state index contributed by atoms with van der Waals surface area (Å²) in [6.07, 6.45) is 0. The summed E-state index contributed by atoms with van der Waals surface area (Å²) in [7, 11) is 0. The number of aliphatic imine (C=N–C) groups is 1. The van der Waals surface area contributed by atoms with Crippen LogP contribution in [0.2, 0.25) is 0 Å². The maximum Gasteiger partial charge on any atom is 0.153 e. The molecule has 0 aromatic heterocycles. The predicted molar refractivity (Wildman–Crippen MR) is 77.9 cm³/mol. The van der Waals surface area contributed by atoms with Crippen LogP contribution >= 0.6 is 22.6 Å².